The Morgan fingerprint density at radius 2 is 2.18 bits per heavy atom. The minimum atomic E-state index is -0.121. The van der Waals surface area contributed by atoms with E-state index in [1.807, 2.05) is 0 Å². The Morgan fingerprint density at radius 3 is 2.77 bits per heavy atom. The number of hydrogen-bond acceptors (Lipinski definition) is 4. The highest BCUT2D eigenvalue weighted by Gasteiger charge is 2.45. The molecule has 1 saturated carbocycles. The smallest absolute Gasteiger partial charge is 0.255 e. The second kappa shape index (κ2) is 7.01. The van der Waals surface area contributed by atoms with Crippen LogP contribution < -0.4 is 20.5 Å². The van der Waals surface area contributed by atoms with E-state index in [1.54, 1.807) is 25.3 Å². The summed E-state index contributed by atoms with van der Waals surface area (Å²) in [4.78, 5) is 12.4. The van der Waals surface area contributed by atoms with Gasteiger partial charge in [-0.2, -0.15) is 0 Å². The van der Waals surface area contributed by atoms with Crippen molar-refractivity contribution in [1.29, 1.82) is 0 Å². The van der Waals surface area contributed by atoms with Crippen molar-refractivity contribution in [2.45, 2.75) is 26.7 Å². The second-order valence-corrected chi connectivity index (χ2v) is 6.45. The molecule has 1 aromatic carbocycles. The van der Waals surface area contributed by atoms with Crippen LogP contribution in [0.4, 0.5) is 0 Å². The molecule has 3 N–H and O–H groups in total. The zero-order valence-corrected chi connectivity index (χ0v) is 13.6. The van der Waals surface area contributed by atoms with Gasteiger partial charge >= 0.3 is 0 Å². The lowest BCUT2D eigenvalue weighted by Crippen LogP contribution is -2.27. The molecule has 122 valence electrons. The van der Waals surface area contributed by atoms with Crippen LogP contribution in [0.2, 0.25) is 0 Å². The molecule has 0 saturated heterocycles. The molecular weight excluding hydrogens is 280 g/mol. The van der Waals surface area contributed by atoms with Crippen molar-refractivity contribution >= 4 is 5.91 Å². The monoisotopic (exact) mass is 306 g/mol. The van der Waals surface area contributed by atoms with Crippen LogP contribution >= 0.6 is 0 Å². The molecule has 0 unspecified atom stereocenters. The van der Waals surface area contributed by atoms with Gasteiger partial charge in [-0.25, -0.2) is 0 Å². The van der Waals surface area contributed by atoms with Crippen LogP contribution in [0.3, 0.4) is 0 Å². The first-order chi connectivity index (χ1) is 10.5. The molecular formula is C17H26N2O3. The molecule has 0 aliphatic heterocycles. The van der Waals surface area contributed by atoms with Crippen LogP contribution in [-0.4, -0.2) is 32.7 Å². The van der Waals surface area contributed by atoms with Gasteiger partial charge in [-0.3, -0.25) is 4.79 Å². The Balaban J connectivity index is 2.03. The van der Waals surface area contributed by atoms with Gasteiger partial charge in [-0.05, 0) is 48.9 Å². The largest absolute Gasteiger partial charge is 0.497 e. The number of carbonyl (C=O) groups excluding carboxylic acids is 1. The zero-order chi connectivity index (χ0) is 16.2. The lowest BCUT2D eigenvalue weighted by molar-refractivity contribution is 0.0946. The van der Waals surface area contributed by atoms with E-state index in [9.17, 15) is 4.79 Å². The van der Waals surface area contributed by atoms with E-state index in [2.05, 4.69) is 19.2 Å². The number of methoxy groups -OCH3 is 1. The Bertz CT molecular complexity index is 529. The van der Waals surface area contributed by atoms with Crippen molar-refractivity contribution in [2.24, 2.45) is 17.1 Å². The lowest BCUT2D eigenvalue weighted by atomic mass is 10.1. The highest BCUT2D eigenvalue weighted by Crippen LogP contribution is 2.51. The SMILES string of the molecule is COc1ccc(OCCCN)c(C(=O)NC[C@H]2CC2(C)C)c1. The Labute approximate surface area is 132 Å². The maximum Gasteiger partial charge on any atom is 0.255 e. The van der Waals surface area contributed by atoms with E-state index >= 15 is 0 Å². The molecule has 5 heteroatoms. The molecule has 1 aliphatic rings. The third-order valence-corrected chi connectivity index (χ3v) is 4.26. The van der Waals surface area contributed by atoms with Crippen molar-refractivity contribution in [3.63, 3.8) is 0 Å². The standard InChI is InChI=1S/C17H26N2O3/c1-17(2)10-12(17)11-19-16(20)14-9-13(21-3)5-6-15(14)22-8-4-7-18/h5-6,9,12H,4,7-8,10-11,18H2,1-3H3,(H,19,20)/t12-/m1/s1. The molecule has 1 fully saturated rings. The Kier molecular flexibility index (Phi) is 5.29. The van der Waals surface area contributed by atoms with Crippen LogP contribution in [0.25, 0.3) is 0 Å². The fourth-order valence-corrected chi connectivity index (χ4v) is 2.44. The molecule has 1 atom stereocenters. The van der Waals surface area contributed by atoms with E-state index in [4.69, 9.17) is 15.2 Å². The predicted molar refractivity (Wildman–Crippen MR) is 86.4 cm³/mol. The molecule has 0 heterocycles. The molecule has 0 aromatic heterocycles. The van der Waals surface area contributed by atoms with Crippen molar-refractivity contribution in [1.82, 2.24) is 5.32 Å². The summed E-state index contributed by atoms with van der Waals surface area (Å²) >= 11 is 0. The topological polar surface area (TPSA) is 73.6 Å². The lowest BCUT2D eigenvalue weighted by Gasteiger charge is -2.13. The first kappa shape index (κ1) is 16.6. The summed E-state index contributed by atoms with van der Waals surface area (Å²) in [6, 6.07) is 5.27. The average molecular weight is 306 g/mol. The number of ether oxygens (including phenoxy) is 2. The summed E-state index contributed by atoms with van der Waals surface area (Å²) < 4.78 is 10.9. The molecule has 1 aromatic rings. The molecule has 0 bridgehead atoms. The highest BCUT2D eigenvalue weighted by molar-refractivity contribution is 5.97. The van der Waals surface area contributed by atoms with Gasteiger partial charge in [0.15, 0.2) is 0 Å². The van der Waals surface area contributed by atoms with Crippen molar-refractivity contribution in [3.05, 3.63) is 23.8 Å². The number of nitrogens with one attached hydrogen (secondary N) is 1. The van der Waals surface area contributed by atoms with Crippen molar-refractivity contribution in [2.75, 3.05) is 26.8 Å². The number of benzene rings is 1. The molecule has 1 aliphatic carbocycles. The van der Waals surface area contributed by atoms with Crippen LogP contribution in [0, 0.1) is 11.3 Å². The number of hydrogen-bond donors (Lipinski definition) is 2. The molecule has 22 heavy (non-hydrogen) atoms. The third-order valence-electron chi connectivity index (χ3n) is 4.26. The number of amides is 1. The van der Waals surface area contributed by atoms with E-state index in [0.29, 0.717) is 48.1 Å². The normalized spacial score (nSPS) is 18.6. The summed E-state index contributed by atoms with van der Waals surface area (Å²) in [5.74, 6) is 1.65. The summed E-state index contributed by atoms with van der Waals surface area (Å²) in [6.45, 7) is 6.20. The number of rotatable bonds is 8. The van der Waals surface area contributed by atoms with Gasteiger partial charge in [0.25, 0.3) is 5.91 Å². The minimum Gasteiger partial charge on any atom is -0.497 e. The molecule has 0 radical (unpaired) electrons. The van der Waals surface area contributed by atoms with Gasteiger partial charge in [0.2, 0.25) is 0 Å². The fourth-order valence-electron chi connectivity index (χ4n) is 2.44. The highest BCUT2D eigenvalue weighted by atomic mass is 16.5. The first-order valence-corrected chi connectivity index (χ1v) is 7.77. The summed E-state index contributed by atoms with van der Waals surface area (Å²) in [5, 5.41) is 3.00. The quantitative estimate of drug-likeness (QED) is 0.722. The van der Waals surface area contributed by atoms with Gasteiger partial charge in [-0.1, -0.05) is 13.8 Å². The minimum absolute atomic E-state index is 0.121. The first-order valence-electron chi connectivity index (χ1n) is 7.77. The van der Waals surface area contributed by atoms with Gasteiger partial charge in [0, 0.05) is 6.54 Å². The van der Waals surface area contributed by atoms with Gasteiger partial charge in [-0.15, -0.1) is 0 Å². The van der Waals surface area contributed by atoms with Crippen molar-refractivity contribution in [3.8, 4) is 11.5 Å². The second-order valence-electron chi connectivity index (χ2n) is 6.45. The Morgan fingerprint density at radius 1 is 1.45 bits per heavy atom. The number of carbonyl (C=O) groups is 1. The van der Waals surface area contributed by atoms with Gasteiger partial charge in [0.05, 0.1) is 19.3 Å². The van der Waals surface area contributed by atoms with E-state index in [0.717, 1.165) is 12.8 Å². The molecule has 5 nitrogen and oxygen atoms in total. The molecule has 0 spiro atoms. The predicted octanol–water partition coefficient (Wildman–Crippen LogP) is 2.20. The fraction of sp³-hybridized carbons (Fsp3) is 0.588. The maximum absolute atomic E-state index is 12.4. The van der Waals surface area contributed by atoms with E-state index < -0.39 is 0 Å². The molecule has 2 rings (SSSR count). The Hall–Kier alpha value is -1.75. The van der Waals surface area contributed by atoms with E-state index in [-0.39, 0.29) is 5.91 Å². The maximum atomic E-state index is 12.4. The van der Waals surface area contributed by atoms with Crippen LogP contribution in [0.15, 0.2) is 18.2 Å². The van der Waals surface area contributed by atoms with Gasteiger partial charge in [0.1, 0.15) is 11.5 Å². The number of nitrogens with two attached hydrogens (primary N) is 1. The third kappa shape index (κ3) is 4.13. The average Bonchev–Trinajstić information content (AvgIpc) is 3.12. The van der Waals surface area contributed by atoms with Crippen molar-refractivity contribution < 1.29 is 14.3 Å². The van der Waals surface area contributed by atoms with Crippen LogP contribution in [-0.2, 0) is 0 Å². The summed E-state index contributed by atoms with van der Waals surface area (Å²) in [6.07, 6.45) is 1.91. The zero-order valence-electron chi connectivity index (χ0n) is 13.6. The van der Waals surface area contributed by atoms with Gasteiger partial charge < -0.3 is 20.5 Å². The van der Waals surface area contributed by atoms with E-state index in [1.165, 1.54) is 0 Å². The summed E-state index contributed by atoms with van der Waals surface area (Å²) in [5.41, 5.74) is 6.33. The summed E-state index contributed by atoms with van der Waals surface area (Å²) in [7, 11) is 1.58. The van der Waals surface area contributed by atoms with Crippen LogP contribution in [0.5, 0.6) is 11.5 Å². The van der Waals surface area contributed by atoms with Crippen LogP contribution in [0.1, 0.15) is 37.0 Å². The molecule has 1 amide bonds.